The van der Waals surface area contributed by atoms with Gasteiger partial charge in [0.05, 0.1) is 29.7 Å². The van der Waals surface area contributed by atoms with Gasteiger partial charge in [-0.1, -0.05) is 17.7 Å². The summed E-state index contributed by atoms with van der Waals surface area (Å²) in [6.07, 6.45) is 4.47. The molecule has 1 unspecified atom stereocenters. The number of nitrogen functional groups attached to an aromatic ring is 1. The van der Waals surface area contributed by atoms with E-state index in [0.717, 1.165) is 23.2 Å². The highest BCUT2D eigenvalue weighted by molar-refractivity contribution is 6.30. The maximum absolute atomic E-state index is 9.46. The molecule has 0 saturated carbocycles. The van der Waals surface area contributed by atoms with Gasteiger partial charge in [-0.2, -0.15) is 10.4 Å². The lowest BCUT2D eigenvalue weighted by molar-refractivity contribution is 0.194. The quantitative estimate of drug-likeness (QED) is 0.766. The molecule has 1 saturated heterocycles. The number of halogens is 1. The van der Waals surface area contributed by atoms with Crippen molar-refractivity contribution in [2.24, 2.45) is 0 Å². The number of benzene rings is 1. The van der Waals surface area contributed by atoms with Crippen molar-refractivity contribution < 1.29 is 4.74 Å². The van der Waals surface area contributed by atoms with Gasteiger partial charge in [-0.3, -0.25) is 0 Å². The van der Waals surface area contributed by atoms with Crippen molar-refractivity contribution >= 4 is 17.4 Å². The van der Waals surface area contributed by atoms with E-state index < -0.39 is 0 Å². The minimum atomic E-state index is 0.164. The number of pyridine rings is 1. The second-order valence-electron chi connectivity index (χ2n) is 6.18. The summed E-state index contributed by atoms with van der Waals surface area (Å²) < 4.78 is 7.20. The molecule has 26 heavy (non-hydrogen) atoms. The van der Waals surface area contributed by atoms with Gasteiger partial charge in [0.15, 0.2) is 0 Å². The number of nitriles is 1. The molecule has 2 aromatic heterocycles. The fourth-order valence-corrected chi connectivity index (χ4v) is 3.36. The molecule has 1 aromatic carbocycles. The molecule has 0 bridgehead atoms. The zero-order valence-corrected chi connectivity index (χ0v) is 14.6. The summed E-state index contributed by atoms with van der Waals surface area (Å²) in [4.78, 5) is 4.41. The normalized spacial score (nSPS) is 16.5. The Morgan fingerprint density at radius 2 is 2.23 bits per heavy atom. The molecule has 0 radical (unpaired) electrons. The molecule has 1 aliphatic rings. The maximum Gasteiger partial charge on any atom is 0.142 e. The minimum Gasteiger partial charge on any atom is -0.383 e. The van der Waals surface area contributed by atoms with Gasteiger partial charge in [-0.05, 0) is 36.2 Å². The molecule has 1 atom stereocenters. The molecule has 2 N–H and O–H groups in total. The number of nitrogens with zero attached hydrogens (tertiary/aromatic N) is 4. The smallest absolute Gasteiger partial charge is 0.142 e. The van der Waals surface area contributed by atoms with Crippen molar-refractivity contribution in [1.29, 1.82) is 5.26 Å². The van der Waals surface area contributed by atoms with E-state index in [4.69, 9.17) is 22.1 Å². The maximum atomic E-state index is 9.46. The largest absolute Gasteiger partial charge is 0.383 e. The van der Waals surface area contributed by atoms with Crippen LogP contribution in [0.3, 0.4) is 0 Å². The molecular weight excluding hydrogens is 350 g/mol. The molecular formula is C19H16ClN5O. The Hall–Kier alpha value is -2.88. The van der Waals surface area contributed by atoms with E-state index >= 15 is 0 Å². The Labute approximate surface area is 155 Å². The lowest BCUT2D eigenvalue weighted by atomic mass is 9.93. The summed E-state index contributed by atoms with van der Waals surface area (Å²) in [6, 6.07) is 11.5. The third kappa shape index (κ3) is 3.03. The Bertz CT molecular complexity index is 1000. The van der Waals surface area contributed by atoms with Crippen molar-refractivity contribution in [2.75, 3.05) is 18.9 Å². The molecule has 1 fully saturated rings. The summed E-state index contributed by atoms with van der Waals surface area (Å²) in [5.74, 6) is 0.402. The third-order valence-electron chi connectivity index (χ3n) is 4.51. The molecule has 130 valence electrons. The second-order valence-corrected chi connectivity index (χ2v) is 6.62. The number of ether oxygens (including phenoxy) is 1. The van der Waals surface area contributed by atoms with Gasteiger partial charge in [-0.25, -0.2) is 9.67 Å². The minimum absolute atomic E-state index is 0.164. The van der Waals surface area contributed by atoms with Crippen LogP contribution in [0, 0.1) is 11.3 Å². The summed E-state index contributed by atoms with van der Waals surface area (Å²) in [7, 11) is 0. The average Bonchev–Trinajstić information content (AvgIpc) is 3.33. The Morgan fingerprint density at radius 1 is 1.35 bits per heavy atom. The fraction of sp³-hybridized carbons (Fsp3) is 0.211. The van der Waals surface area contributed by atoms with Crippen LogP contribution in [0.5, 0.6) is 0 Å². The van der Waals surface area contributed by atoms with E-state index in [2.05, 4.69) is 16.2 Å². The first-order chi connectivity index (χ1) is 12.7. The number of nitrogens with two attached hydrogens (primary N) is 1. The lowest BCUT2D eigenvalue weighted by Crippen LogP contribution is -2.06. The highest BCUT2D eigenvalue weighted by Gasteiger charge is 2.24. The van der Waals surface area contributed by atoms with Crippen LogP contribution in [0.15, 0.2) is 42.7 Å². The van der Waals surface area contributed by atoms with E-state index in [0.29, 0.717) is 29.5 Å². The van der Waals surface area contributed by atoms with E-state index in [1.807, 2.05) is 36.5 Å². The number of hydrogen-bond donors (Lipinski definition) is 1. The standard InChI is InChI=1S/C19H16ClN5O/c20-14-2-1-3-15(6-14)25-10-13(9-23-25)18-7-16(12-4-5-26-11-12)17(8-21)19(22)24-18/h1-3,6-7,9-10,12H,4-5,11H2,(H2,22,24). The van der Waals surface area contributed by atoms with Gasteiger partial charge >= 0.3 is 0 Å². The van der Waals surface area contributed by atoms with Crippen molar-refractivity contribution in [1.82, 2.24) is 14.8 Å². The molecule has 0 aliphatic carbocycles. The van der Waals surface area contributed by atoms with Crippen LogP contribution in [-0.4, -0.2) is 28.0 Å². The predicted molar refractivity (Wildman–Crippen MR) is 99.1 cm³/mol. The van der Waals surface area contributed by atoms with Gasteiger partial charge in [0.1, 0.15) is 11.9 Å². The van der Waals surface area contributed by atoms with Crippen LogP contribution in [0.25, 0.3) is 16.9 Å². The number of rotatable bonds is 3. The van der Waals surface area contributed by atoms with Crippen LogP contribution < -0.4 is 5.73 Å². The highest BCUT2D eigenvalue weighted by atomic mass is 35.5. The summed E-state index contributed by atoms with van der Waals surface area (Å²) >= 11 is 6.05. The van der Waals surface area contributed by atoms with E-state index in [1.165, 1.54) is 0 Å². The molecule has 1 aliphatic heterocycles. The van der Waals surface area contributed by atoms with E-state index in [9.17, 15) is 5.26 Å². The Kier molecular flexibility index (Phi) is 4.33. The van der Waals surface area contributed by atoms with Crippen LogP contribution in [0.1, 0.15) is 23.5 Å². The van der Waals surface area contributed by atoms with E-state index in [1.54, 1.807) is 10.9 Å². The Morgan fingerprint density at radius 3 is 2.96 bits per heavy atom. The molecule has 0 spiro atoms. The van der Waals surface area contributed by atoms with Crippen LogP contribution in [-0.2, 0) is 4.74 Å². The molecule has 6 nitrogen and oxygen atoms in total. The Balaban J connectivity index is 1.75. The molecule has 4 rings (SSSR count). The molecule has 3 aromatic rings. The monoisotopic (exact) mass is 365 g/mol. The van der Waals surface area contributed by atoms with Crippen molar-refractivity contribution in [3.8, 4) is 23.0 Å². The first-order valence-corrected chi connectivity index (χ1v) is 8.63. The second kappa shape index (κ2) is 6.79. The third-order valence-corrected chi connectivity index (χ3v) is 4.75. The zero-order valence-electron chi connectivity index (χ0n) is 13.9. The summed E-state index contributed by atoms with van der Waals surface area (Å²) in [5, 5.41) is 14.5. The zero-order chi connectivity index (χ0) is 18.1. The lowest BCUT2D eigenvalue weighted by Gasteiger charge is -2.13. The SMILES string of the molecule is N#Cc1c(C2CCOC2)cc(-c2cnn(-c3cccc(Cl)c3)c2)nc1N. The van der Waals surface area contributed by atoms with Crippen LogP contribution in [0.4, 0.5) is 5.82 Å². The fourth-order valence-electron chi connectivity index (χ4n) is 3.17. The summed E-state index contributed by atoms with van der Waals surface area (Å²) in [5.41, 5.74) is 9.75. The number of aromatic nitrogens is 3. The number of hydrogen-bond acceptors (Lipinski definition) is 5. The molecule has 7 heteroatoms. The molecule has 3 heterocycles. The van der Waals surface area contributed by atoms with Gasteiger partial charge in [0.2, 0.25) is 0 Å². The first kappa shape index (κ1) is 16.6. The van der Waals surface area contributed by atoms with Crippen molar-refractivity contribution in [3.63, 3.8) is 0 Å². The predicted octanol–water partition coefficient (Wildman–Crippen LogP) is 3.55. The van der Waals surface area contributed by atoms with Crippen LogP contribution >= 0.6 is 11.6 Å². The van der Waals surface area contributed by atoms with Gasteiger partial charge < -0.3 is 10.5 Å². The average molecular weight is 366 g/mol. The van der Waals surface area contributed by atoms with Crippen LogP contribution in [0.2, 0.25) is 5.02 Å². The van der Waals surface area contributed by atoms with Crippen molar-refractivity contribution in [2.45, 2.75) is 12.3 Å². The van der Waals surface area contributed by atoms with Gasteiger partial charge in [-0.15, -0.1) is 0 Å². The molecule has 0 amide bonds. The topological polar surface area (TPSA) is 89.8 Å². The summed E-state index contributed by atoms with van der Waals surface area (Å²) in [6.45, 7) is 1.29. The number of anilines is 1. The van der Waals surface area contributed by atoms with Gasteiger partial charge in [0.25, 0.3) is 0 Å². The highest BCUT2D eigenvalue weighted by Crippen LogP contribution is 2.33. The van der Waals surface area contributed by atoms with E-state index in [-0.39, 0.29) is 11.7 Å². The first-order valence-electron chi connectivity index (χ1n) is 8.25. The van der Waals surface area contributed by atoms with Gasteiger partial charge in [0, 0.05) is 29.3 Å². The van der Waals surface area contributed by atoms with Crippen molar-refractivity contribution in [3.05, 3.63) is 58.9 Å².